The van der Waals surface area contributed by atoms with Gasteiger partial charge in [0.15, 0.2) is 0 Å². The third-order valence-electron chi connectivity index (χ3n) is 6.56. The van der Waals surface area contributed by atoms with Gasteiger partial charge in [0, 0.05) is 44.0 Å². The largest absolute Gasteiger partial charge is 0.390 e. The van der Waals surface area contributed by atoms with Gasteiger partial charge in [0.1, 0.15) is 17.5 Å². The van der Waals surface area contributed by atoms with Gasteiger partial charge < -0.3 is 20.6 Å². The number of aryl methyl sites for hydroxylation is 1. The van der Waals surface area contributed by atoms with E-state index in [1.165, 1.54) is 17.7 Å². The Morgan fingerprint density at radius 2 is 1.64 bits per heavy atom. The number of aromatic nitrogens is 1. The van der Waals surface area contributed by atoms with Crippen LogP contribution in [-0.2, 0) is 19.4 Å². The van der Waals surface area contributed by atoms with Gasteiger partial charge in [0.25, 0.3) is 5.91 Å². The molecule has 0 aliphatic carbocycles. The van der Waals surface area contributed by atoms with Gasteiger partial charge in [-0.15, -0.1) is 0 Å². The SMILES string of the molecule is CCCN(CCC)c1cc(C(=O)N[C@@H](Cc2cc(F)cc(F)c2)[C@H](O)CNCc2cccc(CC)c2)ccn1. The second-order valence-electron chi connectivity index (χ2n) is 9.82. The maximum Gasteiger partial charge on any atom is 0.251 e. The van der Waals surface area contributed by atoms with Crippen molar-refractivity contribution >= 4 is 11.7 Å². The topological polar surface area (TPSA) is 77.5 Å². The minimum Gasteiger partial charge on any atom is -0.390 e. The number of rotatable bonds is 15. The van der Waals surface area contributed by atoms with E-state index in [1.54, 1.807) is 18.3 Å². The van der Waals surface area contributed by atoms with E-state index in [-0.39, 0.29) is 18.9 Å². The van der Waals surface area contributed by atoms with Crippen LogP contribution in [0.4, 0.5) is 14.6 Å². The number of halogens is 2. The zero-order chi connectivity index (χ0) is 28.2. The Morgan fingerprint density at radius 3 is 2.31 bits per heavy atom. The van der Waals surface area contributed by atoms with Crippen molar-refractivity contribution in [2.75, 3.05) is 24.5 Å². The normalized spacial score (nSPS) is 12.7. The molecule has 2 atom stereocenters. The number of carbonyl (C=O) groups excluding carboxylic acids is 1. The van der Waals surface area contributed by atoms with Crippen LogP contribution in [0.25, 0.3) is 0 Å². The number of aliphatic hydroxyl groups is 1. The molecule has 1 amide bonds. The van der Waals surface area contributed by atoms with Crippen molar-refractivity contribution in [2.45, 2.75) is 65.1 Å². The molecule has 3 aromatic rings. The number of nitrogens with zero attached hydrogens (tertiary/aromatic N) is 2. The van der Waals surface area contributed by atoms with Crippen LogP contribution in [0.5, 0.6) is 0 Å². The van der Waals surface area contributed by atoms with Crippen LogP contribution in [0.1, 0.15) is 60.7 Å². The van der Waals surface area contributed by atoms with E-state index in [9.17, 15) is 18.7 Å². The fourth-order valence-corrected chi connectivity index (χ4v) is 4.60. The number of benzene rings is 2. The predicted octanol–water partition coefficient (Wildman–Crippen LogP) is 5.04. The van der Waals surface area contributed by atoms with Crippen LogP contribution in [0.3, 0.4) is 0 Å². The first-order valence-electron chi connectivity index (χ1n) is 13.8. The van der Waals surface area contributed by atoms with Crippen LogP contribution in [0.15, 0.2) is 60.8 Å². The van der Waals surface area contributed by atoms with Gasteiger partial charge in [-0.1, -0.05) is 45.0 Å². The second-order valence-corrected chi connectivity index (χ2v) is 9.82. The lowest BCUT2D eigenvalue weighted by Gasteiger charge is -2.26. The second kappa shape index (κ2) is 15.3. The maximum absolute atomic E-state index is 13.9. The van der Waals surface area contributed by atoms with Crippen molar-refractivity contribution in [2.24, 2.45) is 0 Å². The average Bonchev–Trinajstić information content (AvgIpc) is 2.92. The molecule has 8 heteroatoms. The monoisotopic (exact) mass is 538 g/mol. The number of hydrogen-bond donors (Lipinski definition) is 3. The summed E-state index contributed by atoms with van der Waals surface area (Å²) < 4.78 is 27.8. The molecule has 39 heavy (non-hydrogen) atoms. The van der Waals surface area contributed by atoms with Crippen LogP contribution in [-0.4, -0.2) is 47.8 Å². The molecular formula is C31H40F2N4O2. The minimum absolute atomic E-state index is 0.0598. The van der Waals surface area contributed by atoms with Crippen molar-refractivity contribution in [3.63, 3.8) is 0 Å². The maximum atomic E-state index is 13.9. The summed E-state index contributed by atoms with van der Waals surface area (Å²) >= 11 is 0. The number of pyridine rings is 1. The van der Waals surface area contributed by atoms with E-state index >= 15 is 0 Å². The van der Waals surface area contributed by atoms with E-state index in [1.807, 2.05) is 12.1 Å². The Labute approximate surface area is 230 Å². The number of aliphatic hydroxyl groups excluding tert-OH is 1. The summed E-state index contributed by atoms with van der Waals surface area (Å²) in [7, 11) is 0. The lowest BCUT2D eigenvalue weighted by Crippen LogP contribution is -2.48. The Kier molecular flexibility index (Phi) is 11.8. The third kappa shape index (κ3) is 9.41. The molecular weight excluding hydrogens is 498 g/mol. The molecule has 210 valence electrons. The van der Waals surface area contributed by atoms with Gasteiger partial charge in [-0.05, 0) is 66.6 Å². The minimum atomic E-state index is -1.01. The molecule has 1 aromatic heterocycles. The predicted molar refractivity (Wildman–Crippen MR) is 152 cm³/mol. The first-order valence-corrected chi connectivity index (χ1v) is 13.8. The van der Waals surface area contributed by atoms with Crippen molar-refractivity contribution in [1.82, 2.24) is 15.6 Å². The summed E-state index contributed by atoms with van der Waals surface area (Å²) in [5.74, 6) is -1.08. The molecule has 0 aliphatic heterocycles. The number of carbonyl (C=O) groups is 1. The van der Waals surface area contributed by atoms with Gasteiger partial charge in [-0.25, -0.2) is 13.8 Å². The number of amides is 1. The summed E-state index contributed by atoms with van der Waals surface area (Å²) in [6, 6.07) is 14.0. The Bertz CT molecular complexity index is 1180. The van der Waals surface area contributed by atoms with Crippen LogP contribution < -0.4 is 15.5 Å². The van der Waals surface area contributed by atoms with Gasteiger partial charge in [0.2, 0.25) is 0 Å². The fraction of sp³-hybridized carbons (Fsp3) is 0.419. The summed E-state index contributed by atoms with van der Waals surface area (Å²) in [4.78, 5) is 19.9. The lowest BCUT2D eigenvalue weighted by atomic mass is 10.00. The van der Waals surface area contributed by atoms with Crippen LogP contribution in [0, 0.1) is 11.6 Å². The number of nitrogens with one attached hydrogen (secondary N) is 2. The summed E-state index contributed by atoms with van der Waals surface area (Å²) in [5, 5.41) is 17.2. The Morgan fingerprint density at radius 1 is 0.949 bits per heavy atom. The smallest absolute Gasteiger partial charge is 0.251 e. The first kappa shape index (κ1) is 30.2. The van der Waals surface area contributed by atoms with Crippen molar-refractivity contribution in [3.05, 3.63) is 94.7 Å². The van der Waals surface area contributed by atoms with Gasteiger partial charge in [-0.2, -0.15) is 0 Å². The van der Waals surface area contributed by atoms with Crippen molar-refractivity contribution in [3.8, 4) is 0 Å². The summed E-state index contributed by atoms with van der Waals surface area (Å²) in [6.45, 7) is 8.65. The van der Waals surface area contributed by atoms with E-state index < -0.39 is 23.8 Å². The molecule has 2 aromatic carbocycles. The van der Waals surface area contributed by atoms with E-state index in [0.717, 1.165) is 44.0 Å². The molecule has 0 bridgehead atoms. The summed E-state index contributed by atoms with van der Waals surface area (Å²) in [6.07, 6.45) is 3.48. The standard InChI is InChI=1S/C31H40F2N4O2/c1-4-12-37(13-5-2)30-18-25(10-11-35-30)31(39)36-28(17-24-15-26(32)19-27(33)16-24)29(38)21-34-20-23-9-7-8-22(6-3)14-23/h7-11,14-16,18-19,28-29,34,38H,4-6,12-13,17,20-21H2,1-3H3,(H,36,39)/t28-,29+/m0/s1. The van der Waals surface area contributed by atoms with Gasteiger partial charge in [0.05, 0.1) is 12.1 Å². The highest BCUT2D eigenvalue weighted by molar-refractivity contribution is 5.95. The van der Waals surface area contributed by atoms with E-state index in [0.29, 0.717) is 23.5 Å². The molecule has 0 saturated carbocycles. The van der Waals surface area contributed by atoms with Gasteiger partial charge in [-0.3, -0.25) is 4.79 Å². The van der Waals surface area contributed by atoms with Crippen molar-refractivity contribution in [1.29, 1.82) is 0 Å². The van der Waals surface area contributed by atoms with E-state index in [4.69, 9.17) is 0 Å². The molecule has 0 aliphatic rings. The highest BCUT2D eigenvalue weighted by Crippen LogP contribution is 2.16. The molecule has 0 spiro atoms. The quantitative estimate of drug-likeness (QED) is 0.253. The van der Waals surface area contributed by atoms with Crippen LogP contribution in [0.2, 0.25) is 0 Å². The molecule has 1 heterocycles. The van der Waals surface area contributed by atoms with Gasteiger partial charge >= 0.3 is 0 Å². The van der Waals surface area contributed by atoms with E-state index in [2.05, 4.69) is 53.4 Å². The Hall–Kier alpha value is -3.36. The molecule has 3 rings (SSSR count). The zero-order valence-electron chi connectivity index (χ0n) is 23.1. The molecule has 0 unspecified atom stereocenters. The number of anilines is 1. The molecule has 0 radical (unpaired) electrons. The lowest BCUT2D eigenvalue weighted by molar-refractivity contribution is 0.0829. The Balaban J connectivity index is 1.75. The highest BCUT2D eigenvalue weighted by atomic mass is 19.1. The molecule has 6 nitrogen and oxygen atoms in total. The average molecular weight is 539 g/mol. The first-order chi connectivity index (χ1) is 18.8. The fourth-order valence-electron chi connectivity index (χ4n) is 4.60. The summed E-state index contributed by atoms with van der Waals surface area (Å²) in [5.41, 5.74) is 3.06. The third-order valence-corrected chi connectivity index (χ3v) is 6.56. The number of hydrogen-bond acceptors (Lipinski definition) is 5. The molecule has 3 N–H and O–H groups in total. The highest BCUT2D eigenvalue weighted by Gasteiger charge is 2.23. The zero-order valence-corrected chi connectivity index (χ0v) is 23.1. The molecule has 0 saturated heterocycles. The molecule has 0 fully saturated rings. The van der Waals surface area contributed by atoms with Crippen molar-refractivity contribution < 1.29 is 18.7 Å². The van der Waals surface area contributed by atoms with Crippen LogP contribution >= 0.6 is 0 Å².